The Kier molecular flexibility index (Phi) is 6.83. The molecule has 0 radical (unpaired) electrons. The highest BCUT2D eigenvalue weighted by Gasteiger charge is 2.31. The fraction of sp³-hybridized carbons (Fsp3) is 0.423. The second-order valence-corrected chi connectivity index (χ2v) is 9.61. The van der Waals surface area contributed by atoms with E-state index in [1.54, 1.807) is 0 Å². The summed E-state index contributed by atoms with van der Waals surface area (Å²) in [6, 6.07) is 16.0. The van der Waals surface area contributed by atoms with Crippen LogP contribution in [0.15, 0.2) is 53.1 Å². The molecule has 0 N–H and O–H groups in total. The van der Waals surface area contributed by atoms with Gasteiger partial charge in [0.25, 0.3) is 0 Å². The smallest absolute Gasteiger partial charge is 0.241 e. The second kappa shape index (κ2) is 10.2. The lowest BCUT2D eigenvalue weighted by molar-refractivity contribution is -0.137. The third-order valence-corrected chi connectivity index (χ3v) is 7.15. The number of likely N-dealkylation sites (tertiary alicyclic amines) is 1. The van der Waals surface area contributed by atoms with Crippen molar-refractivity contribution in [2.45, 2.75) is 26.3 Å². The highest BCUT2D eigenvalue weighted by molar-refractivity contribution is 6.30. The number of carbonyl (C=O) groups is 1. The average molecular weight is 480 g/mol. The number of anilines is 1. The topological polar surface area (TPSA) is 65.7 Å². The Morgan fingerprint density at radius 1 is 1.03 bits per heavy atom. The van der Waals surface area contributed by atoms with Crippen LogP contribution in [0.5, 0.6) is 0 Å². The molecule has 0 spiro atoms. The zero-order valence-electron chi connectivity index (χ0n) is 19.5. The molecule has 0 atom stereocenters. The normalized spacial score (nSPS) is 17.8. The van der Waals surface area contributed by atoms with E-state index in [9.17, 15) is 4.79 Å². The molecule has 3 heterocycles. The molecule has 2 aromatic carbocycles. The molecule has 2 aliphatic heterocycles. The number of carbonyl (C=O) groups excluding carboxylic acids is 1. The molecule has 5 rings (SSSR count). The first-order valence-electron chi connectivity index (χ1n) is 12.0. The SMILES string of the molecule is Cc1ccccc1-c1noc(CN2CCC(C(=O)N3CCN(c4cccc(Cl)c4)CC3)CC2)n1. The van der Waals surface area contributed by atoms with E-state index in [0.29, 0.717) is 24.2 Å². The number of amides is 1. The number of aromatic nitrogens is 2. The molecule has 0 saturated carbocycles. The summed E-state index contributed by atoms with van der Waals surface area (Å²) in [5.41, 5.74) is 3.25. The Morgan fingerprint density at radius 2 is 1.79 bits per heavy atom. The third kappa shape index (κ3) is 5.10. The van der Waals surface area contributed by atoms with E-state index in [0.717, 1.165) is 73.9 Å². The Balaban J connectivity index is 1.10. The summed E-state index contributed by atoms with van der Waals surface area (Å²) in [6.07, 6.45) is 1.73. The minimum absolute atomic E-state index is 0.0965. The van der Waals surface area contributed by atoms with Gasteiger partial charge < -0.3 is 14.3 Å². The van der Waals surface area contributed by atoms with Crippen molar-refractivity contribution in [1.82, 2.24) is 19.9 Å². The summed E-state index contributed by atoms with van der Waals surface area (Å²) in [5, 5.41) is 4.91. The predicted octanol–water partition coefficient (Wildman–Crippen LogP) is 4.26. The van der Waals surface area contributed by atoms with Crippen LogP contribution in [0.4, 0.5) is 5.69 Å². The molecule has 0 aliphatic carbocycles. The molecule has 178 valence electrons. The molecular formula is C26H30ClN5O2. The number of halogens is 1. The van der Waals surface area contributed by atoms with Crippen molar-refractivity contribution < 1.29 is 9.32 Å². The fourth-order valence-corrected chi connectivity index (χ4v) is 5.08. The number of hydrogen-bond donors (Lipinski definition) is 0. The Bertz CT molecular complexity index is 1130. The standard InChI is InChI=1S/C26H30ClN5O2/c1-19-5-2-3-8-23(19)25-28-24(34-29-25)18-30-11-9-20(10-12-30)26(33)32-15-13-31(14-16-32)22-7-4-6-21(27)17-22/h2-8,17,20H,9-16,18H2,1H3. The van der Waals surface area contributed by atoms with Crippen LogP contribution in [0.3, 0.4) is 0 Å². The molecule has 1 aromatic heterocycles. The van der Waals surface area contributed by atoms with E-state index in [-0.39, 0.29) is 5.92 Å². The highest BCUT2D eigenvalue weighted by Crippen LogP contribution is 2.25. The Hall–Kier alpha value is -2.90. The van der Waals surface area contributed by atoms with Crippen LogP contribution in [0.2, 0.25) is 5.02 Å². The van der Waals surface area contributed by atoms with Gasteiger partial charge in [-0.05, 0) is 56.6 Å². The maximum atomic E-state index is 13.1. The van der Waals surface area contributed by atoms with E-state index < -0.39 is 0 Å². The van der Waals surface area contributed by atoms with Crippen LogP contribution >= 0.6 is 11.6 Å². The van der Waals surface area contributed by atoms with Crippen LogP contribution in [0, 0.1) is 12.8 Å². The average Bonchev–Trinajstić information content (AvgIpc) is 3.32. The number of nitrogens with zero attached hydrogens (tertiary/aromatic N) is 5. The third-order valence-electron chi connectivity index (χ3n) is 6.91. The fourth-order valence-electron chi connectivity index (χ4n) is 4.90. The first kappa shape index (κ1) is 22.9. The quantitative estimate of drug-likeness (QED) is 0.544. The first-order chi connectivity index (χ1) is 16.6. The summed E-state index contributed by atoms with van der Waals surface area (Å²) in [6.45, 7) is 7.59. The molecule has 34 heavy (non-hydrogen) atoms. The van der Waals surface area contributed by atoms with E-state index in [2.05, 4.69) is 26.0 Å². The van der Waals surface area contributed by atoms with Gasteiger partial charge in [-0.15, -0.1) is 0 Å². The van der Waals surface area contributed by atoms with Gasteiger partial charge >= 0.3 is 0 Å². The van der Waals surface area contributed by atoms with E-state index >= 15 is 0 Å². The van der Waals surface area contributed by atoms with E-state index in [1.807, 2.05) is 54.3 Å². The molecular weight excluding hydrogens is 450 g/mol. The lowest BCUT2D eigenvalue weighted by Crippen LogP contribution is -2.51. The molecule has 0 unspecified atom stereocenters. The predicted molar refractivity (Wildman–Crippen MR) is 133 cm³/mol. The number of piperazine rings is 1. The van der Waals surface area contributed by atoms with Gasteiger partial charge in [0.1, 0.15) is 0 Å². The van der Waals surface area contributed by atoms with E-state index in [1.165, 1.54) is 0 Å². The lowest BCUT2D eigenvalue weighted by Gasteiger charge is -2.39. The maximum Gasteiger partial charge on any atom is 0.241 e. The molecule has 2 fully saturated rings. The van der Waals surface area contributed by atoms with Crippen molar-refractivity contribution in [3.8, 4) is 11.4 Å². The highest BCUT2D eigenvalue weighted by atomic mass is 35.5. The van der Waals surface area contributed by atoms with Crippen molar-refractivity contribution in [2.75, 3.05) is 44.2 Å². The molecule has 7 nitrogen and oxygen atoms in total. The van der Waals surface area contributed by atoms with Crippen LogP contribution < -0.4 is 4.90 Å². The van der Waals surface area contributed by atoms with E-state index in [4.69, 9.17) is 16.1 Å². The number of piperidine rings is 1. The van der Waals surface area contributed by atoms with Gasteiger partial charge in [-0.1, -0.05) is 47.1 Å². The van der Waals surface area contributed by atoms with Gasteiger partial charge in [0, 0.05) is 48.4 Å². The zero-order chi connectivity index (χ0) is 23.5. The molecule has 0 bridgehead atoms. The maximum absolute atomic E-state index is 13.1. The van der Waals surface area contributed by atoms with Gasteiger partial charge in [0.2, 0.25) is 17.6 Å². The first-order valence-corrected chi connectivity index (χ1v) is 12.3. The van der Waals surface area contributed by atoms with Crippen molar-refractivity contribution in [3.63, 3.8) is 0 Å². The number of aryl methyl sites for hydroxylation is 1. The summed E-state index contributed by atoms with van der Waals surface area (Å²) >= 11 is 6.13. The van der Waals surface area contributed by atoms with Gasteiger partial charge in [0.15, 0.2) is 0 Å². The minimum atomic E-state index is 0.0965. The van der Waals surface area contributed by atoms with Crippen LogP contribution in [0.25, 0.3) is 11.4 Å². The monoisotopic (exact) mass is 479 g/mol. The van der Waals surface area contributed by atoms with Crippen molar-refractivity contribution >= 4 is 23.2 Å². The summed E-state index contributed by atoms with van der Waals surface area (Å²) in [7, 11) is 0. The molecule has 8 heteroatoms. The summed E-state index contributed by atoms with van der Waals surface area (Å²) in [4.78, 5) is 24.4. The van der Waals surface area contributed by atoms with Gasteiger partial charge in [-0.25, -0.2) is 0 Å². The zero-order valence-corrected chi connectivity index (χ0v) is 20.2. The van der Waals surface area contributed by atoms with Gasteiger partial charge in [-0.3, -0.25) is 9.69 Å². The lowest BCUT2D eigenvalue weighted by atomic mass is 9.95. The van der Waals surface area contributed by atoms with Crippen LogP contribution in [0.1, 0.15) is 24.3 Å². The Labute approximate surface area is 205 Å². The molecule has 2 saturated heterocycles. The minimum Gasteiger partial charge on any atom is -0.368 e. The number of rotatable bonds is 5. The largest absolute Gasteiger partial charge is 0.368 e. The number of benzene rings is 2. The Morgan fingerprint density at radius 3 is 2.53 bits per heavy atom. The summed E-state index contributed by atoms with van der Waals surface area (Å²) < 4.78 is 5.51. The van der Waals surface area contributed by atoms with Crippen molar-refractivity contribution in [2.24, 2.45) is 5.92 Å². The molecule has 1 amide bonds. The second-order valence-electron chi connectivity index (χ2n) is 9.17. The van der Waals surface area contributed by atoms with Crippen molar-refractivity contribution in [3.05, 3.63) is 65.0 Å². The van der Waals surface area contributed by atoms with Crippen LogP contribution in [-0.4, -0.2) is 65.1 Å². The van der Waals surface area contributed by atoms with Gasteiger partial charge in [0.05, 0.1) is 6.54 Å². The van der Waals surface area contributed by atoms with Gasteiger partial charge in [-0.2, -0.15) is 4.98 Å². The number of hydrogen-bond acceptors (Lipinski definition) is 6. The summed E-state index contributed by atoms with van der Waals surface area (Å²) in [5.74, 6) is 1.65. The molecule has 3 aromatic rings. The van der Waals surface area contributed by atoms with Crippen LogP contribution in [-0.2, 0) is 11.3 Å². The van der Waals surface area contributed by atoms with Crippen molar-refractivity contribution in [1.29, 1.82) is 0 Å². The molecule has 2 aliphatic rings.